The van der Waals surface area contributed by atoms with Crippen molar-refractivity contribution in [2.45, 2.75) is 44.3 Å². The Morgan fingerprint density at radius 2 is 1.88 bits per heavy atom. The molecule has 1 aromatic carbocycles. The van der Waals surface area contributed by atoms with E-state index in [-0.39, 0.29) is 0 Å². The van der Waals surface area contributed by atoms with E-state index in [2.05, 4.69) is 36.9 Å². The minimum atomic E-state index is 0.519. The van der Waals surface area contributed by atoms with Crippen LogP contribution in [0.2, 0.25) is 0 Å². The van der Waals surface area contributed by atoms with Crippen LogP contribution in [0.1, 0.15) is 31.2 Å². The third-order valence-electron chi connectivity index (χ3n) is 3.14. The van der Waals surface area contributed by atoms with Crippen LogP contribution in [0.3, 0.4) is 0 Å². The Bertz CT molecular complexity index is 317. The molecular weight excluding hydrogens is 196 g/mol. The molecule has 1 heterocycles. The minimum absolute atomic E-state index is 0.519. The third kappa shape index (κ3) is 3.49. The predicted molar refractivity (Wildman–Crippen MR) is 67.5 cm³/mol. The minimum Gasteiger partial charge on any atom is -0.370 e. The highest BCUT2D eigenvalue weighted by Gasteiger charge is 2.36. The lowest BCUT2D eigenvalue weighted by molar-refractivity contribution is 0.354. The van der Waals surface area contributed by atoms with Gasteiger partial charge in [0.05, 0.1) is 12.2 Å². The molecule has 2 unspecified atom stereocenters. The molecule has 2 rings (SSSR count). The van der Waals surface area contributed by atoms with Crippen molar-refractivity contribution >= 4 is 0 Å². The summed E-state index contributed by atoms with van der Waals surface area (Å²) in [6, 6.07) is 10.6. The molecule has 0 aliphatic carbocycles. The van der Waals surface area contributed by atoms with Crippen molar-refractivity contribution < 1.29 is 4.74 Å². The Balaban J connectivity index is 1.61. The van der Waals surface area contributed by atoms with E-state index in [0.717, 1.165) is 12.8 Å². The molecule has 0 aromatic heterocycles. The number of benzene rings is 1. The summed E-state index contributed by atoms with van der Waals surface area (Å²) in [5.74, 6) is 0. The van der Waals surface area contributed by atoms with Crippen LogP contribution in [-0.2, 0) is 11.2 Å². The summed E-state index contributed by atoms with van der Waals surface area (Å²) in [6.45, 7) is 3.73. The molecule has 0 N–H and O–H groups in total. The molecule has 0 amide bonds. The first kappa shape index (κ1) is 11.4. The van der Waals surface area contributed by atoms with Gasteiger partial charge in [-0.2, -0.15) is 0 Å². The van der Waals surface area contributed by atoms with Gasteiger partial charge in [0, 0.05) is 0 Å². The van der Waals surface area contributed by atoms with E-state index in [0.29, 0.717) is 12.2 Å². The van der Waals surface area contributed by atoms with Crippen molar-refractivity contribution in [3.63, 3.8) is 0 Å². The number of unbranched alkanes of at least 4 members (excludes halogenated alkanes) is 1. The van der Waals surface area contributed by atoms with Gasteiger partial charge in [-0.15, -0.1) is 6.58 Å². The topological polar surface area (TPSA) is 12.5 Å². The molecule has 0 saturated carbocycles. The number of aryl methyl sites for hydroxylation is 1. The SMILES string of the molecule is C=CCCCC1OC1CCc1ccccc1. The standard InChI is InChI=1S/C15H20O/c1-2-3-5-10-14-15(16-14)12-11-13-8-6-4-7-9-13/h2,4,6-9,14-15H,1,3,5,10-12H2. The highest BCUT2D eigenvalue weighted by Crippen LogP contribution is 2.30. The Morgan fingerprint density at radius 1 is 1.12 bits per heavy atom. The monoisotopic (exact) mass is 216 g/mol. The maximum absolute atomic E-state index is 5.65. The smallest absolute Gasteiger partial charge is 0.0845 e. The van der Waals surface area contributed by atoms with E-state index in [9.17, 15) is 0 Å². The third-order valence-corrected chi connectivity index (χ3v) is 3.14. The van der Waals surface area contributed by atoms with Gasteiger partial charge in [-0.05, 0) is 37.7 Å². The van der Waals surface area contributed by atoms with Gasteiger partial charge >= 0.3 is 0 Å². The quantitative estimate of drug-likeness (QED) is 0.384. The van der Waals surface area contributed by atoms with Gasteiger partial charge in [-0.25, -0.2) is 0 Å². The van der Waals surface area contributed by atoms with E-state index in [1.165, 1.54) is 24.8 Å². The number of allylic oxidation sites excluding steroid dienone is 1. The average molecular weight is 216 g/mol. The Labute approximate surface area is 98.1 Å². The molecule has 0 radical (unpaired) electrons. The largest absolute Gasteiger partial charge is 0.370 e. The molecule has 1 aliphatic heterocycles. The molecule has 16 heavy (non-hydrogen) atoms. The van der Waals surface area contributed by atoms with Crippen LogP contribution in [0, 0.1) is 0 Å². The van der Waals surface area contributed by atoms with Crippen LogP contribution in [0.5, 0.6) is 0 Å². The highest BCUT2D eigenvalue weighted by atomic mass is 16.6. The second-order valence-electron chi connectivity index (χ2n) is 4.46. The van der Waals surface area contributed by atoms with Crippen molar-refractivity contribution in [3.05, 3.63) is 48.6 Å². The molecule has 1 aromatic rings. The Kier molecular flexibility index (Phi) is 4.17. The van der Waals surface area contributed by atoms with Crippen LogP contribution in [0.25, 0.3) is 0 Å². The van der Waals surface area contributed by atoms with Gasteiger partial charge in [-0.3, -0.25) is 0 Å². The van der Waals surface area contributed by atoms with Crippen LogP contribution >= 0.6 is 0 Å². The Hall–Kier alpha value is -1.08. The summed E-state index contributed by atoms with van der Waals surface area (Å²) in [5.41, 5.74) is 1.42. The zero-order chi connectivity index (χ0) is 11.2. The summed E-state index contributed by atoms with van der Waals surface area (Å²) in [7, 11) is 0. The Morgan fingerprint density at radius 3 is 2.62 bits per heavy atom. The van der Waals surface area contributed by atoms with Crippen LogP contribution in [0.4, 0.5) is 0 Å². The van der Waals surface area contributed by atoms with Crippen LogP contribution in [-0.4, -0.2) is 12.2 Å². The van der Waals surface area contributed by atoms with Gasteiger partial charge in [-0.1, -0.05) is 36.4 Å². The fraction of sp³-hybridized carbons (Fsp3) is 0.467. The van der Waals surface area contributed by atoms with Crippen molar-refractivity contribution in [1.82, 2.24) is 0 Å². The number of hydrogen-bond donors (Lipinski definition) is 0. The molecule has 86 valence electrons. The van der Waals surface area contributed by atoms with Crippen LogP contribution < -0.4 is 0 Å². The van der Waals surface area contributed by atoms with Gasteiger partial charge in [0.1, 0.15) is 0 Å². The summed E-state index contributed by atoms with van der Waals surface area (Å²) in [6.07, 6.45) is 8.88. The molecular formula is C15H20O. The zero-order valence-electron chi connectivity index (χ0n) is 9.77. The first-order valence-corrected chi connectivity index (χ1v) is 6.20. The van der Waals surface area contributed by atoms with E-state index < -0.39 is 0 Å². The lowest BCUT2D eigenvalue weighted by atomic mass is 10.1. The van der Waals surface area contributed by atoms with E-state index in [1.54, 1.807) is 0 Å². The van der Waals surface area contributed by atoms with Gasteiger partial charge in [0.2, 0.25) is 0 Å². The van der Waals surface area contributed by atoms with E-state index in [4.69, 9.17) is 4.74 Å². The maximum atomic E-state index is 5.65. The first-order valence-electron chi connectivity index (χ1n) is 6.20. The number of rotatable bonds is 7. The molecule has 0 bridgehead atoms. The first-order chi connectivity index (χ1) is 7.90. The maximum Gasteiger partial charge on any atom is 0.0845 e. The molecule has 1 heteroatoms. The number of ether oxygens (including phenoxy) is 1. The van der Waals surface area contributed by atoms with Crippen molar-refractivity contribution in [1.29, 1.82) is 0 Å². The number of epoxide rings is 1. The lowest BCUT2D eigenvalue weighted by Gasteiger charge is -1.98. The molecule has 1 nitrogen and oxygen atoms in total. The second-order valence-corrected chi connectivity index (χ2v) is 4.46. The summed E-state index contributed by atoms with van der Waals surface area (Å²) in [5, 5.41) is 0. The van der Waals surface area contributed by atoms with Crippen molar-refractivity contribution in [3.8, 4) is 0 Å². The van der Waals surface area contributed by atoms with Gasteiger partial charge < -0.3 is 4.74 Å². The second kappa shape index (κ2) is 5.86. The normalized spacial score (nSPS) is 23.0. The fourth-order valence-corrected chi connectivity index (χ4v) is 2.10. The predicted octanol–water partition coefficient (Wildman–Crippen LogP) is 3.74. The van der Waals surface area contributed by atoms with Crippen LogP contribution in [0.15, 0.2) is 43.0 Å². The van der Waals surface area contributed by atoms with E-state index >= 15 is 0 Å². The summed E-state index contributed by atoms with van der Waals surface area (Å²) >= 11 is 0. The lowest BCUT2D eigenvalue weighted by Crippen LogP contribution is -1.96. The van der Waals surface area contributed by atoms with Crippen molar-refractivity contribution in [2.24, 2.45) is 0 Å². The molecule has 1 fully saturated rings. The fourth-order valence-electron chi connectivity index (χ4n) is 2.10. The highest BCUT2D eigenvalue weighted by molar-refractivity contribution is 5.15. The zero-order valence-corrected chi connectivity index (χ0v) is 9.77. The molecule has 1 saturated heterocycles. The summed E-state index contributed by atoms with van der Waals surface area (Å²) in [4.78, 5) is 0. The average Bonchev–Trinajstić information content (AvgIpc) is 3.07. The molecule has 2 atom stereocenters. The number of hydrogen-bond acceptors (Lipinski definition) is 1. The molecule has 0 spiro atoms. The van der Waals surface area contributed by atoms with Gasteiger partial charge in [0.25, 0.3) is 0 Å². The summed E-state index contributed by atoms with van der Waals surface area (Å²) < 4.78 is 5.65. The van der Waals surface area contributed by atoms with Gasteiger partial charge in [0.15, 0.2) is 0 Å². The van der Waals surface area contributed by atoms with Crippen molar-refractivity contribution in [2.75, 3.05) is 0 Å². The molecule has 1 aliphatic rings. The van der Waals surface area contributed by atoms with E-state index in [1.807, 2.05) is 6.08 Å².